The smallest absolute Gasteiger partial charge is 0.324 e. The van der Waals surface area contributed by atoms with Gasteiger partial charge in [-0.2, -0.15) is 0 Å². The van der Waals surface area contributed by atoms with Crippen LogP contribution >= 0.6 is 0 Å². The number of hydrogen-bond acceptors (Lipinski definition) is 4. The highest BCUT2D eigenvalue weighted by Gasteiger charge is 2.28. The van der Waals surface area contributed by atoms with E-state index in [1.54, 1.807) is 0 Å². The van der Waals surface area contributed by atoms with Crippen LogP contribution in [0.25, 0.3) is 0 Å². The van der Waals surface area contributed by atoms with Gasteiger partial charge in [0.15, 0.2) is 0 Å². The van der Waals surface area contributed by atoms with E-state index < -0.39 is 17.9 Å². The Morgan fingerprint density at radius 1 is 0.474 bits per heavy atom. The summed E-state index contributed by atoms with van der Waals surface area (Å²) >= 11 is 0. The lowest BCUT2D eigenvalue weighted by Gasteiger charge is -2.14. The average molecular weight is 537 g/mol. The molecule has 0 aromatic heterocycles. The fourth-order valence-corrected chi connectivity index (χ4v) is 5.30. The normalized spacial score (nSPS) is 12.0. The molecule has 1 atom stereocenters. The first kappa shape index (κ1) is 36.8. The number of hydrogen-bond donors (Lipinski definition) is 0. The average Bonchev–Trinajstić information content (AvgIpc) is 2.89. The van der Waals surface area contributed by atoms with Gasteiger partial charge in [-0.3, -0.25) is 14.4 Å². The molecule has 0 saturated carbocycles. The van der Waals surface area contributed by atoms with Gasteiger partial charge in [0.25, 0.3) is 0 Å². The van der Waals surface area contributed by atoms with Crippen LogP contribution in [0.1, 0.15) is 194 Å². The first-order valence-corrected chi connectivity index (χ1v) is 16.8. The van der Waals surface area contributed by atoms with Crippen LogP contribution in [0.3, 0.4) is 0 Å². The largest absolute Gasteiger partial charge is 0.393 e. The third-order valence-corrected chi connectivity index (χ3v) is 7.79. The molecule has 0 fully saturated rings. The Kier molecular flexibility index (Phi) is 27.9. The van der Waals surface area contributed by atoms with Crippen molar-refractivity contribution in [3.8, 4) is 0 Å². The van der Waals surface area contributed by atoms with E-state index in [-0.39, 0.29) is 5.78 Å². The Labute approximate surface area is 236 Å². The molecular weight excluding hydrogens is 472 g/mol. The summed E-state index contributed by atoms with van der Waals surface area (Å²) in [4.78, 5) is 36.5. The monoisotopic (exact) mass is 536 g/mol. The standard InChI is InChI=1S/C34H64O4/c1-4-6-8-10-12-14-16-18-20-22-24-26-28-30-33(36)32(34(37)38-31(3)35)29-27-25-23-21-19-17-15-13-11-9-7-5-2/h32H,4-30H2,1-3H3. The number of esters is 2. The molecule has 0 aliphatic heterocycles. The third-order valence-electron chi connectivity index (χ3n) is 7.79. The molecule has 1 unspecified atom stereocenters. The molecule has 0 radical (unpaired) electrons. The van der Waals surface area contributed by atoms with Crippen molar-refractivity contribution in [1.82, 2.24) is 0 Å². The number of carbonyl (C=O) groups excluding carboxylic acids is 3. The first-order valence-electron chi connectivity index (χ1n) is 16.8. The van der Waals surface area contributed by atoms with E-state index in [9.17, 15) is 14.4 Å². The molecule has 0 rings (SSSR count). The molecule has 4 heteroatoms. The van der Waals surface area contributed by atoms with Crippen LogP contribution in [0.4, 0.5) is 0 Å². The lowest BCUT2D eigenvalue weighted by Crippen LogP contribution is -2.27. The fourth-order valence-electron chi connectivity index (χ4n) is 5.30. The maximum absolute atomic E-state index is 12.8. The predicted octanol–water partition coefficient (Wildman–Crippen LogP) is 10.8. The molecule has 0 N–H and O–H groups in total. The van der Waals surface area contributed by atoms with Gasteiger partial charge in [-0.1, -0.05) is 168 Å². The van der Waals surface area contributed by atoms with Gasteiger partial charge in [-0.15, -0.1) is 0 Å². The molecular formula is C34H64O4. The lowest BCUT2D eigenvalue weighted by atomic mass is 9.92. The van der Waals surface area contributed by atoms with Crippen molar-refractivity contribution < 1.29 is 19.1 Å². The van der Waals surface area contributed by atoms with Gasteiger partial charge >= 0.3 is 11.9 Å². The van der Waals surface area contributed by atoms with Gasteiger partial charge in [0.2, 0.25) is 0 Å². The van der Waals surface area contributed by atoms with Crippen molar-refractivity contribution in [3.05, 3.63) is 0 Å². The van der Waals surface area contributed by atoms with E-state index in [1.807, 2.05) is 0 Å². The van der Waals surface area contributed by atoms with Crippen LogP contribution in [0.15, 0.2) is 0 Å². The molecule has 224 valence electrons. The van der Waals surface area contributed by atoms with Crippen LogP contribution in [-0.4, -0.2) is 17.7 Å². The van der Waals surface area contributed by atoms with Gasteiger partial charge in [-0.05, 0) is 12.8 Å². The highest BCUT2D eigenvalue weighted by molar-refractivity contribution is 6.01. The molecule has 0 aromatic carbocycles. The van der Waals surface area contributed by atoms with Crippen molar-refractivity contribution in [2.75, 3.05) is 0 Å². The molecule has 0 aliphatic carbocycles. The Morgan fingerprint density at radius 2 is 0.789 bits per heavy atom. The van der Waals surface area contributed by atoms with Gasteiger partial charge in [0, 0.05) is 13.3 Å². The molecule has 0 aliphatic rings. The van der Waals surface area contributed by atoms with Gasteiger partial charge < -0.3 is 4.74 Å². The van der Waals surface area contributed by atoms with E-state index >= 15 is 0 Å². The van der Waals surface area contributed by atoms with Crippen molar-refractivity contribution >= 4 is 17.7 Å². The van der Waals surface area contributed by atoms with E-state index in [0.29, 0.717) is 12.8 Å². The van der Waals surface area contributed by atoms with Crippen LogP contribution in [0, 0.1) is 5.92 Å². The second kappa shape index (κ2) is 28.8. The summed E-state index contributed by atoms with van der Waals surface area (Å²) in [6, 6.07) is 0. The van der Waals surface area contributed by atoms with E-state index in [4.69, 9.17) is 4.74 Å². The second-order valence-corrected chi connectivity index (χ2v) is 11.6. The molecule has 0 spiro atoms. The van der Waals surface area contributed by atoms with Gasteiger partial charge in [0.1, 0.15) is 11.7 Å². The zero-order valence-electron chi connectivity index (χ0n) is 25.8. The maximum atomic E-state index is 12.8. The minimum Gasteiger partial charge on any atom is -0.393 e. The Bertz CT molecular complexity index is 557. The molecule has 0 saturated heterocycles. The molecule has 0 bridgehead atoms. The minimum absolute atomic E-state index is 0.0394. The highest BCUT2D eigenvalue weighted by atomic mass is 16.6. The van der Waals surface area contributed by atoms with Crippen LogP contribution in [-0.2, 0) is 19.1 Å². The Balaban J connectivity index is 3.92. The third kappa shape index (κ3) is 25.1. The quantitative estimate of drug-likeness (QED) is 0.0542. The van der Waals surface area contributed by atoms with Crippen LogP contribution < -0.4 is 0 Å². The number of rotatable bonds is 29. The molecule has 0 aromatic rings. The van der Waals surface area contributed by atoms with Gasteiger partial charge in [0.05, 0.1) is 0 Å². The zero-order valence-corrected chi connectivity index (χ0v) is 25.8. The number of carbonyl (C=O) groups is 3. The van der Waals surface area contributed by atoms with E-state index in [2.05, 4.69) is 13.8 Å². The lowest BCUT2D eigenvalue weighted by molar-refractivity contribution is -0.162. The topological polar surface area (TPSA) is 60.4 Å². The minimum atomic E-state index is -0.764. The summed E-state index contributed by atoms with van der Waals surface area (Å²) in [6.45, 7) is 5.75. The van der Waals surface area contributed by atoms with Crippen molar-refractivity contribution in [2.24, 2.45) is 5.92 Å². The summed E-state index contributed by atoms with van der Waals surface area (Å²) in [6.07, 6.45) is 32.4. The summed E-state index contributed by atoms with van der Waals surface area (Å²) in [5.41, 5.74) is 0. The Morgan fingerprint density at radius 3 is 1.13 bits per heavy atom. The number of unbranched alkanes of at least 4 members (excludes halogenated alkanes) is 23. The molecule has 38 heavy (non-hydrogen) atoms. The molecule has 0 heterocycles. The van der Waals surface area contributed by atoms with Crippen molar-refractivity contribution in [3.63, 3.8) is 0 Å². The predicted molar refractivity (Wildman–Crippen MR) is 161 cm³/mol. The maximum Gasteiger partial charge on any atom is 0.324 e. The number of ketones is 1. The van der Waals surface area contributed by atoms with Crippen LogP contribution in [0.5, 0.6) is 0 Å². The van der Waals surface area contributed by atoms with E-state index in [0.717, 1.165) is 38.5 Å². The summed E-state index contributed by atoms with van der Waals surface area (Å²) in [5.74, 6) is -2.06. The Hall–Kier alpha value is -1.19. The highest BCUT2D eigenvalue weighted by Crippen LogP contribution is 2.19. The zero-order chi connectivity index (χ0) is 28.1. The van der Waals surface area contributed by atoms with Crippen LogP contribution in [0.2, 0.25) is 0 Å². The SMILES string of the molecule is CCCCCCCCCCCCCCCC(=O)C(CCCCCCCCCCCCCC)C(=O)OC(C)=O. The van der Waals surface area contributed by atoms with E-state index in [1.165, 1.54) is 129 Å². The van der Waals surface area contributed by atoms with Crippen molar-refractivity contribution in [2.45, 2.75) is 194 Å². The summed E-state index contributed by atoms with van der Waals surface area (Å²) in [7, 11) is 0. The number of ether oxygens (including phenoxy) is 1. The summed E-state index contributed by atoms with van der Waals surface area (Å²) < 4.78 is 4.81. The summed E-state index contributed by atoms with van der Waals surface area (Å²) in [5, 5.41) is 0. The first-order chi connectivity index (χ1) is 18.5. The second-order valence-electron chi connectivity index (χ2n) is 11.6. The fraction of sp³-hybridized carbons (Fsp3) is 0.912. The molecule has 4 nitrogen and oxygen atoms in total. The molecule has 0 amide bonds. The van der Waals surface area contributed by atoms with Gasteiger partial charge in [-0.25, -0.2) is 0 Å². The number of Topliss-reactive ketones (excluding diaryl/α,β-unsaturated/α-hetero) is 1. The van der Waals surface area contributed by atoms with Crippen molar-refractivity contribution in [1.29, 1.82) is 0 Å².